The van der Waals surface area contributed by atoms with E-state index in [0.717, 1.165) is 12.1 Å². The summed E-state index contributed by atoms with van der Waals surface area (Å²) < 4.78 is 32.4. The van der Waals surface area contributed by atoms with Crippen LogP contribution >= 0.6 is 11.6 Å². The van der Waals surface area contributed by atoms with Gasteiger partial charge >= 0.3 is 0 Å². The second kappa shape index (κ2) is 7.07. The van der Waals surface area contributed by atoms with E-state index in [1.807, 2.05) is 6.07 Å². The van der Waals surface area contributed by atoms with Crippen molar-refractivity contribution in [3.8, 4) is 11.8 Å². The van der Waals surface area contributed by atoms with Gasteiger partial charge in [-0.3, -0.25) is 4.79 Å². The van der Waals surface area contributed by atoms with E-state index in [0.29, 0.717) is 5.56 Å². The molecule has 0 saturated heterocycles. The monoisotopic (exact) mass is 336 g/mol. The molecule has 0 unspecified atom stereocenters. The fourth-order valence-electron chi connectivity index (χ4n) is 1.75. The van der Waals surface area contributed by atoms with Crippen LogP contribution in [0, 0.1) is 23.0 Å². The summed E-state index contributed by atoms with van der Waals surface area (Å²) in [6.45, 7) is 1.41. The topological polar surface area (TPSA) is 62.1 Å². The number of para-hydroxylation sites is 1. The van der Waals surface area contributed by atoms with Gasteiger partial charge in [0.25, 0.3) is 5.91 Å². The number of rotatable bonds is 4. The molecule has 0 aliphatic heterocycles. The maximum Gasteiger partial charge on any atom is 0.265 e. The van der Waals surface area contributed by atoms with Crippen molar-refractivity contribution in [2.45, 2.75) is 13.0 Å². The van der Waals surface area contributed by atoms with Crippen molar-refractivity contribution in [2.75, 3.05) is 5.32 Å². The highest BCUT2D eigenvalue weighted by molar-refractivity contribution is 6.32. The third-order valence-corrected chi connectivity index (χ3v) is 3.24. The SMILES string of the molecule is C[C@H](Oc1ccc(C#N)cc1Cl)C(=O)Nc1c(F)cccc1F. The van der Waals surface area contributed by atoms with Crippen LogP contribution in [-0.4, -0.2) is 12.0 Å². The molecule has 7 heteroatoms. The third-order valence-electron chi connectivity index (χ3n) is 2.94. The van der Waals surface area contributed by atoms with Crippen molar-refractivity contribution in [3.63, 3.8) is 0 Å². The zero-order valence-electron chi connectivity index (χ0n) is 11.9. The fraction of sp³-hybridized carbons (Fsp3) is 0.125. The summed E-state index contributed by atoms with van der Waals surface area (Å²) >= 11 is 5.94. The molecule has 23 heavy (non-hydrogen) atoms. The number of nitrogens with zero attached hydrogens (tertiary/aromatic N) is 1. The van der Waals surface area contributed by atoms with Crippen LogP contribution in [0.3, 0.4) is 0 Å². The van der Waals surface area contributed by atoms with Crippen molar-refractivity contribution in [2.24, 2.45) is 0 Å². The summed E-state index contributed by atoms with van der Waals surface area (Å²) in [5, 5.41) is 11.0. The first-order valence-electron chi connectivity index (χ1n) is 6.53. The van der Waals surface area contributed by atoms with E-state index in [9.17, 15) is 13.6 Å². The maximum atomic E-state index is 13.5. The molecular weight excluding hydrogens is 326 g/mol. The number of halogens is 3. The minimum Gasteiger partial charge on any atom is -0.479 e. The quantitative estimate of drug-likeness (QED) is 0.921. The molecule has 1 amide bonds. The highest BCUT2D eigenvalue weighted by Crippen LogP contribution is 2.26. The zero-order chi connectivity index (χ0) is 17.0. The Morgan fingerprint density at radius 1 is 1.30 bits per heavy atom. The molecule has 0 heterocycles. The van der Waals surface area contributed by atoms with Crippen LogP contribution in [0.1, 0.15) is 12.5 Å². The Labute approximate surface area is 136 Å². The first kappa shape index (κ1) is 16.7. The standard InChI is InChI=1S/C16H11ClF2N2O2/c1-9(23-14-6-5-10(8-20)7-11(14)17)16(22)21-15-12(18)3-2-4-13(15)19/h2-7,9H,1H3,(H,21,22)/t9-/m0/s1. The Hall–Kier alpha value is -2.65. The lowest BCUT2D eigenvalue weighted by Gasteiger charge is -2.16. The molecule has 2 aromatic carbocycles. The molecule has 118 valence electrons. The molecule has 4 nitrogen and oxygen atoms in total. The van der Waals surface area contributed by atoms with Crippen molar-refractivity contribution in [1.82, 2.24) is 0 Å². The molecule has 0 spiro atoms. The molecule has 0 aromatic heterocycles. The molecule has 0 fully saturated rings. The number of nitrogens with one attached hydrogen (secondary N) is 1. The van der Waals surface area contributed by atoms with Gasteiger partial charge < -0.3 is 10.1 Å². The number of ether oxygens (including phenoxy) is 1. The van der Waals surface area contributed by atoms with Gasteiger partial charge in [0.15, 0.2) is 6.10 Å². The van der Waals surface area contributed by atoms with Crippen LogP contribution in [-0.2, 0) is 4.79 Å². The summed E-state index contributed by atoms with van der Waals surface area (Å²) in [6.07, 6.45) is -1.06. The van der Waals surface area contributed by atoms with Gasteiger partial charge in [-0.1, -0.05) is 17.7 Å². The van der Waals surface area contributed by atoms with Gasteiger partial charge in [0, 0.05) is 0 Å². The summed E-state index contributed by atoms with van der Waals surface area (Å²) in [4.78, 5) is 12.0. The second-order valence-corrected chi connectivity index (χ2v) is 5.01. The highest BCUT2D eigenvalue weighted by Gasteiger charge is 2.19. The Morgan fingerprint density at radius 3 is 2.52 bits per heavy atom. The normalized spacial score (nSPS) is 11.4. The number of hydrogen-bond donors (Lipinski definition) is 1. The Bertz CT molecular complexity index is 770. The van der Waals surface area contributed by atoms with Crippen molar-refractivity contribution >= 4 is 23.2 Å². The summed E-state index contributed by atoms with van der Waals surface area (Å²) in [5.41, 5.74) is -0.202. The van der Waals surface area contributed by atoms with Crippen LogP contribution in [0.2, 0.25) is 5.02 Å². The molecule has 0 aliphatic rings. The van der Waals surface area contributed by atoms with Crippen LogP contribution in [0.25, 0.3) is 0 Å². The van der Waals surface area contributed by atoms with Crippen molar-refractivity contribution in [3.05, 3.63) is 58.6 Å². The van der Waals surface area contributed by atoms with Gasteiger partial charge in [-0.2, -0.15) is 5.26 Å². The van der Waals surface area contributed by atoms with Gasteiger partial charge in [0.1, 0.15) is 23.1 Å². The van der Waals surface area contributed by atoms with E-state index < -0.39 is 29.3 Å². The molecule has 0 radical (unpaired) electrons. The van der Waals surface area contributed by atoms with E-state index in [4.69, 9.17) is 21.6 Å². The molecule has 2 aromatic rings. The minimum atomic E-state index is -1.06. The van der Waals surface area contributed by atoms with Crippen LogP contribution < -0.4 is 10.1 Å². The second-order valence-electron chi connectivity index (χ2n) is 4.60. The zero-order valence-corrected chi connectivity index (χ0v) is 12.7. The maximum absolute atomic E-state index is 13.5. The molecule has 0 bridgehead atoms. The first-order valence-corrected chi connectivity index (χ1v) is 6.91. The average Bonchev–Trinajstić information content (AvgIpc) is 2.52. The van der Waals surface area contributed by atoms with Crippen molar-refractivity contribution in [1.29, 1.82) is 5.26 Å². The number of carbonyl (C=O) groups excluding carboxylic acids is 1. The van der Waals surface area contributed by atoms with Crippen molar-refractivity contribution < 1.29 is 18.3 Å². The highest BCUT2D eigenvalue weighted by atomic mass is 35.5. The van der Waals surface area contributed by atoms with E-state index in [1.165, 1.54) is 31.2 Å². The van der Waals surface area contributed by atoms with Gasteiger partial charge in [0.05, 0.1) is 16.7 Å². The number of amides is 1. The van der Waals surface area contributed by atoms with E-state index in [1.54, 1.807) is 0 Å². The molecule has 2 rings (SSSR count). The molecular formula is C16H11ClF2N2O2. The number of benzene rings is 2. The third kappa shape index (κ3) is 3.96. The first-order chi connectivity index (χ1) is 10.9. The van der Waals surface area contributed by atoms with Crippen LogP contribution in [0.15, 0.2) is 36.4 Å². The largest absolute Gasteiger partial charge is 0.479 e. The lowest BCUT2D eigenvalue weighted by atomic mass is 10.2. The molecule has 1 N–H and O–H groups in total. The Kier molecular flexibility index (Phi) is 5.14. The predicted molar refractivity (Wildman–Crippen MR) is 81.2 cm³/mol. The van der Waals surface area contributed by atoms with Gasteiger partial charge in [-0.15, -0.1) is 0 Å². The number of hydrogen-bond acceptors (Lipinski definition) is 3. The predicted octanol–water partition coefficient (Wildman–Crippen LogP) is 3.90. The minimum absolute atomic E-state index is 0.153. The van der Waals surface area contributed by atoms with Gasteiger partial charge in [-0.25, -0.2) is 8.78 Å². The Balaban J connectivity index is 2.10. The smallest absolute Gasteiger partial charge is 0.265 e. The van der Waals surface area contributed by atoms with Gasteiger partial charge in [-0.05, 0) is 37.3 Å². The molecule has 0 saturated carbocycles. The number of carbonyl (C=O) groups is 1. The summed E-state index contributed by atoms with van der Waals surface area (Å²) in [6, 6.07) is 9.46. The lowest BCUT2D eigenvalue weighted by Crippen LogP contribution is -2.31. The van der Waals surface area contributed by atoms with E-state index in [2.05, 4.69) is 5.32 Å². The average molecular weight is 337 g/mol. The molecule has 0 aliphatic carbocycles. The lowest BCUT2D eigenvalue weighted by molar-refractivity contribution is -0.122. The summed E-state index contributed by atoms with van der Waals surface area (Å²) in [7, 11) is 0. The van der Waals surface area contributed by atoms with Gasteiger partial charge in [0.2, 0.25) is 0 Å². The van der Waals surface area contributed by atoms with E-state index >= 15 is 0 Å². The fourth-order valence-corrected chi connectivity index (χ4v) is 1.98. The number of nitriles is 1. The van der Waals surface area contributed by atoms with Crippen LogP contribution in [0.4, 0.5) is 14.5 Å². The summed E-state index contributed by atoms with van der Waals surface area (Å²) in [5.74, 6) is -2.33. The van der Waals surface area contributed by atoms with E-state index in [-0.39, 0.29) is 10.8 Å². The molecule has 1 atom stereocenters. The Morgan fingerprint density at radius 2 is 1.96 bits per heavy atom. The number of anilines is 1. The van der Waals surface area contributed by atoms with Crippen LogP contribution in [0.5, 0.6) is 5.75 Å².